The summed E-state index contributed by atoms with van der Waals surface area (Å²) in [5, 5.41) is 3.99. The summed E-state index contributed by atoms with van der Waals surface area (Å²) in [6, 6.07) is 15.3. The predicted molar refractivity (Wildman–Crippen MR) is 110 cm³/mol. The van der Waals surface area contributed by atoms with Gasteiger partial charge in [0, 0.05) is 22.5 Å². The molecule has 0 fully saturated rings. The van der Waals surface area contributed by atoms with Crippen molar-refractivity contribution in [1.82, 2.24) is 4.98 Å². The second-order valence-electron chi connectivity index (χ2n) is 5.69. The molecular weight excluding hydrogens is 360 g/mol. The van der Waals surface area contributed by atoms with Crippen LogP contribution in [0.3, 0.4) is 0 Å². The number of hydrogen-bond acceptors (Lipinski definition) is 5. The van der Waals surface area contributed by atoms with Gasteiger partial charge in [0.1, 0.15) is 11.5 Å². The van der Waals surface area contributed by atoms with Crippen LogP contribution in [0.25, 0.3) is 10.9 Å². The first-order valence-corrected chi connectivity index (χ1v) is 9.86. The summed E-state index contributed by atoms with van der Waals surface area (Å²) in [5.74, 6) is 1.50. The Bertz CT molecular complexity index is 925. The number of amides is 1. The summed E-state index contributed by atoms with van der Waals surface area (Å²) in [6.07, 6.45) is 1.76. The van der Waals surface area contributed by atoms with Gasteiger partial charge in [0.25, 0.3) is 0 Å². The third-order valence-electron chi connectivity index (χ3n) is 3.79. The summed E-state index contributed by atoms with van der Waals surface area (Å²) in [5.41, 5.74) is 1.52. The number of carbonyl (C=O) groups excluding carboxylic acids is 1. The molecule has 1 amide bonds. The highest BCUT2D eigenvalue weighted by atomic mass is 32.2. The molecule has 2 aromatic carbocycles. The zero-order valence-electron chi connectivity index (χ0n) is 15.4. The molecule has 0 aliphatic heterocycles. The summed E-state index contributed by atoms with van der Waals surface area (Å²) in [4.78, 5) is 17.9. The van der Waals surface area contributed by atoms with Crippen molar-refractivity contribution in [3.05, 3.63) is 54.7 Å². The highest BCUT2D eigenvalue weighted by Gasteiger charge is 2.11. The van der Waals surface area contributed by atoms with Crippen LogP contribution in [0.5, 0.6) is 11.5 Å². The van der Waals surface area contributed by atoms with Crippen molar-refractivity contribution >= 4 is 34.3 Å². The Kier molecular flexibility index (Phi) is 6.54. The van der Waals surface area contributed by atoms with E-state index in [1.807, 2.05) is 56.3 Å². The number of thioether (sulfide) groups is 1. The number of para-hydroxylation sites is 1. The van der Waals surface area contributed by atoms with Gasteiger partial charge in [0.2, 0.25) is 5.91 Å². The monoisotopic (exact) mass is 382 g/mol. The zero-order valence-corrected chi connectivity index (χ0v) is 16.2. The number of nitrogens with one attached hydrogen (secondary N) is 1. The van der Waals surface area contributed by atoms with E-state index in [-0.39, 0.29) is 11.7 Å². The van der Waals surface area contributed by atoms with Crippen molar-refractivity contribution < 1.29 is 14.3 Å². The van der Waals surface area contributed by atoms with Crippen molar-refractivity contribution in [3.63, 3.8) is 0 Å². The molecule has 0 aliphatic rings. The molecular formula is C21H22N2O3S. The first-order valence-electron chi connectivity index (χ1n) is 8.87. The second-order valence-corrected chi connectivity index (χ2v) is 6.71. The standard InChI is InChI=1S/C21H22N2O3S/c1-3-25-16-10-11-18(26-4-2)17(13-16)23-20(24)14-27-19-9-5-7-15-8-6-12-22-21(15)19/h5-13H,3-4,14H2,1-2H3,(H,23,24). The molecule has 1 N–H and O–H groups in total. The molecule has 0 atom stereocenters. The van der Waals surface area contributed by atoms with E-state index in [2.05, 4.69) is 10.3 Å². The zero-order chi connectivity index (χ0) is 19.1. The van der Waals surface area contributed by atoms with Gasteiger partial charge >= 0.3 is 0 Å². The van der Waals surface area contributed by atoms with Gasteiger partial charge in [-0.1, -0.05) is 18.2 Å². The maximum atomic E-state index is 12.5. The van der Waals surface area contributed by atoms with Gasteiger partial charge in [-0.05, 0) is 38.1 Å². The topological polar surface area (TPSA) is 60.5 Å². The molecule has 1 aromatic heterocycles. The van der Waals surface area contributed by atoms with Gasteiger partial charge in [0.05, 0.1) is 30.2 Å². The molecule has 0 spiro atoms. The third-order valence-corrected chi connectivity index (χ3v) is 4.84. The number of carbonyl (C=O) groups is 1. The molecule has 27 heavy (non-hydrogen) atoms. The average molecular weight is 382 g/mol. The molecule has 0 bridgehead atoms. The minimum Gasteiger partial charge on any atom is -0.494 e. The van der Waals surface area contributed by atoms with Gasteiger partial charge in [-0.2, -0.15) is 0 Å². The molecule has 0 saturated carbocycles. The van der Waals surface area contributed by atoms with Crippen molar-refractivity contribution in [2.75, 3.05) is 24.3 Å². The number of anilines is 1. The van der Waals surface area contributed by atoms with E-state index in [1.165, 1.54) is 11.8 Å². The van der Waals surface area contributed by atoms with Crippen molar-refractivity contribution in [2.45, 2.75) is 18.7 Å². The number of pyridine rings is 1. The van der Waals surface area contributed by atoms with E-state index < -0.39 is 0 Å². The normalized spacial score (nSPS) is 10.6. The van der Waals surface area contributed by atoms with Crippen LogP contribution in [0.4, 0.5) is 5.69 Å². The lowest BCUT2D eigenvalue weighted by atomic mass is 10.2. The summed E-state index contributed by atoms with van der Waals surface area (Å²) in [6.45, 7) is 4.91. The number of ether oxygens (including phenoxy) is 2. The Hall–Kier alpha value is -2.73. The van der Waals surface area contributed by atoms with Crippen LogP contribution in [-0.2, 0) is 4.79 Å². The second kappa shape index (κ2) is 9.28. The van der Waals surface area contributed by atoms with Gasteiger partial charge in [0.15, 0.2) is 0 Å². The van der Waals surface area contributed by atoms with Crippen LogP contribution in [0.2, 0.25) is 0 Å². The fourth-order valence-electron chi connectivity index (χ4n) is 2.67. The van der Waals surface area contributed by atoms with Crippen LogP contribution in [0.15, 0.2) is 59.6 Å². The van der Waals surface area contributed by atoms with Crippen molar-refractivity contribution in [1.29, 1.82) is 0 Å². The maximum absolute atomic E-state index is 12.5. The fourth-order valence-corrected chi connectivity index (χ4v) is 3.51. The van der Waals surface area contributed by atoms with Gasteiger partial charge in [-0.15, -0.1) is 11.8 Å². The van der Waals surface area contributed by atoms with E-state index in [1.54, 1.807) is 12.3 Å². The quantitative estimate of drug-likeness (QED) is 0.569. The van der Waals surface area contributed by atoms with E-state index >= 15 is 0 Å². The SMILES string of the molecule is CCOc1ccc(OCC)c(NC(=O)CSc2cccc3cccnc23)c1. The maximum Gasteiger partial charge on any atom is 0.234 e. The van der Waals surface area contributed by atoms with Crippen molar-refractivity contribution in [2.24, 2.45) is 0 Å². The highest BCUT2D eigenvalue weighted by Crippen LogP contribution is 2.30. The van der Waals surface area contributed by atoms with Crippen LogP contribution >= 0.6 is 11.8 Å². The molecule has 0 aliphatic carbocycles. The minimum absolute atomic E-state index is 0.109. The summed E-state index contributed by atoms with van der Waals surface area (Å²) < 4.78 is 11.1. The number of nitrogens with zero attached hydrogens (tertiary/aromatic N) is 1. The Morgan fingerprint density at radius 3 is 2.70 bits per heavy atom. The summed E-state index contributed by atoms with van der Waals surface area (Å²) >= 11 is 1.46. The lowest BCUT2D eigenvalue weighted by molar-refractivity contribution is -0.113. The van der Waals surface area contributed by atoms with Crippen LogP contribution in [-0.4, -0.2) is 29.9 Å². The van der Waals surface area contributed by atoms with E-state index in [0.29, 0.717) is 30.4 Å². The molecule has 0 radical (unpaired) electrons. The van der Waals surface area contributed by atoms with Crippen LogP contribution < -0.4 is 14.8 Å². The van der Waals surface area contributed by atoms with Gasteiger partial charge in [-0.3, -0.25) is 9.78 Å². The number of hydrogen-bond donors (Lipinski definition) is 1. The van der Waals surface area contributed by atoms with E-state index in [0.717, 1.165) is 15.8 Å². The number of rotatable bonds is 8. The number of benzene rings is 2. The average Bonchev–Trinajstić information content (AvgIpc) is 2.68. The van der Waals surface area contributed by atoms with Gasteiger partial charge < -0.3 is 14.8 Å². The first kappa shape index (κ1) is 19.0. The third kappa shape index (κ3) is 4.92. The predicted octanol–water partition coefficient (Wildman–Crippen LogP) is 4.76. The van der Waals surface area contributed by atoms with E-state index in [9.17, 15) is 4.79 Å². The van der Waals surface area contributed by atoms with Gasteiger partial charge in [-0.25, -0.2) is 0 Å². The molecule has 140 valence electrons. The largest absolute Gasteiger partial charge is 0.494 e. The van der Waals surface area contributed by atoms with Crippen LogP contribution in [0, 0.1) is 0 Å². The number of aromatic nitrogens is 1. The molecule has 3 aromatic rings. The number of fused-ring (bicyclic) bond motifs is 1. The first-order chi connectivity index (χ1) is 13.2. The Balaban J connectivity index is 1.70. The van der Waals surface area contributed by atoms with E-state index in [4.69, 9.17) is 9.47 Å². The molecule has 5 nitrogen and oxygen atoms in total. The van der Waals surface area contributed by atoms with Crippen molar-refractivity contribution in [3.8, 4) is 11.5 Å². The molecule has 0 saturated heterocycles. The smallest absolute Gasteiger partial charge is 0.234 e. The lowest BCUT2D eigenvalue weighted by Gasteiger charge is -2.13. The molecule has 1 heterocycles. The molecule has 6 heteroatoms. The summed E-state index contributed by atoms with van der Waals surface area (Å²) in [7, 11) is 0. The Morgan fingerprint density at radius 2 is 1.89 bits per heavy atom. The van der Waals surface area contributed by atoms with Crippen LogP contribution in [0.1, 0.15) is 13.8 Å². The molecule has 3 rings (SSSR count). The Labute approximate surface area is 163 Å². The highest BCUT2D eigenvalue weighted by molar-refractivity contribution is 8.00. The minimum atomic E-state index is -0.109. The fraction of sp³-hybridized carbons (Fsp3) is 0.238. The Morgan fingerprint density at radius 1 is 1.07 bits per heavy atom. The lowest BCUT2D eigenvalue weighted by Crippen LogP contribution is -2.15. The molecule has 0 unspecified atom stereocenters.